The smallest absolute Gasteiger partial charge is 0.273 e. The number of nitrogens with zero attached hydrogens (tertiary/aromatic N) is 5. The predicted octanol–water partition coefficient (Wildman–Crippen LogP) is 2.17. The van der Waals surface area contributed by atoms with E-state index in [0.717, 1.165) is 24.5 Å². The first-order valence-electron chi connectivity index (χ1n) is 8.35. The lowest BCUT2D eigenvalue weighted by Crippen LogP contribution is -2.48. The molecule has 1 saturated heterocycles. The van der Waals surface area contributed by atoms with Crippen LogP contribution in [-0.4, -0.2) is 57.0 Å². The maximum absolute atomic E-state index is 12.6. The highest BCUT2D eigenvalue weighted by Gasteiger charge is 2.25. The molecule has 2 aromatic rings. The fourth-order valence-corrected chi connectivity index (χ4v) is 3.43. The van der Waals surface area contributed by atoms with Crippen molar-refractivity contribution >= 4 is 17.2 Å². The van der Waals surface area contributed by atoms with Gasteiger partial charge in [0.05, 0.1) is 11.6 Å². The van der Waals surface area contributed by atoms with Crippen LogP contribution in [-0.2, 0) is 13.0 Å². The van der Waals surface area contributed by atoms with E-state index in [0.29, 0.717) is 43.0 Å². The van der Waals surface area contributed by atoms with Gasteiger partial charge in [0.15, 0.2) is 5.82 Å². The van der Waals surface area contributed by atoms with Crippen molar-refractivity contribution in [2.24, 2.45) is 0 Å². The molecule has 0 aliphatic carbocycles. The van der Waals surface area contributed by atoms with E-state index in [9.17, 15) is 4.79 Å². The molecule has 24 heavy (non-hydrogen) atoms. The number of rotatable bonds is 5. The molecule has 0 unspecified atom stereocenters. The highest BCUT2D eigenvalue weighted by atomic mass is 32.1. The summed E-state index contributed by atoms with van der Waals surface area (Å²) in [6.07, 6.45) is 0.751. The number of hydrogen-bond acceptors (Lipinski definition) is 7. The van der Waals surface area contributed by atoms with Gasteiger partial charge in [-0.25, -0.2) is 4.98 Å². The minimum atomic E-state index is 0.0330. The number of carbonyl (C=O) groups excluding carboxylic acids is 1. The van der Waals surface area contributed by atoms with Crippen LogP contribution in [0.5, 0.6) is 0 Å². The summed E-state index contributed by atoms with van der Waals surface area (Å²) < 4.78 is 5.13. The van der Waals surface area contributed by atoms with Gasteiger partial charge >= 0.3 is 0 Å². The van der Waals surface area contributed by atoms with Gasteiger partial charge in [0.2, 0.25) is 5.89 Å². The fourth-order valence-electron chi connectivity index (χ4n) is 2.62. The van der Waals surface area contributed by atoms with E-state index >= 15 is 0 Å². The molecule has 8 heteroatoms. The SMILES string of the molecule is CCc1nc(CN2CCN(C(=O)c3csc(C(C)C)n3)CC2)no1. The molecule has 1 amide bonds. The molecule has 0 atom stereocenters. The van der Waals surface area contributed by atoms with Crippen LogP contribution in [0.25, 0.3) is 0 Å². The van der Waals surface area contributed by atoms with Crippen molar-refractivity contribution in [2.75, 3.05) is 26.2 Å². The highest BCUT2D eigenvalue weighted by molar-refractivity contribution is 7.09. The second kappa shape index (κ2) is 7.40. The van der Waals surface area contributed by atoms with Gasteiger partial charge in [0.1, 0.15) is 5.69 Å². The molecule has 0 saturated carbocycles. The summed E-state index contributed by atoms with van der Waals surface area (Å²) in [7, 11) is 0. The summed E-state index contributed by atoms with van der Waals surface area (Å²) >= 11 is 1.56. The van der Waals surface area contributed by atoms with Gasteiger partial charge in [-0.1, -0.05) is 25.9 Å². The zero-order valence-corrected chi connectivity index (χ0v) is 15.2. The van der Waals surface area contributed by atoms with Gasteiger partial charge in [-0.2, -0.15) is 4.98 Å². The largest absolute Gasteiger partial charge is 0.339 e. The van der Waals surface area contributed by atoms with E-state index < -0.39 is 0 Å². The Kier molecular flexibility index (Phi) is 5.25. The molecule has 0 spiro atoms. The van der Waals surface area contributed by atoms with Crippen molar-refractivity contribution < 1.29 is 9.32 Å². The van der Waals surface area contributed by atoms with Crippen LogP contribution in [0.4, 0.5) is 0 Å². The maximum atomic E-state index is 12.6. The first-order valence-corrected chi connectivity index (χ1v) is 9.23. The normalized spacial score (nSPS) is 16.1. The topological polar surface area (TPSA) is 75.4 Å². The van der Waals surface area contributed by atoms with Gasteiger partial charge < -0.3 is 9.42 Å². The van der Waals surface area contributed by atoms with Crippen molar-refractivity contribution in [3.05, 3.63) is 27.8 Å². The number of carbonyl (C=O) groups is 1. The second-order valence-corrected chi connectivity index (χ2v) is 7.14. The third-order valence-electron chi connectivity index (χ3n) is 4.07. The van der Waals surface area contributed by atoms with Gasteiger partial charge in [-0.15, -0.1) is 11.3 Å². The molecule has 2 aromatic heterocycles. The summed E-state index contributed by atoms with van der Waals surface area (Å²) in [5.41, 5.74) is 0.572. The molecule has 7 nitrogen and oxygen atoms in total. The van der Waals surface area contributed by atoms with Crippen LogP contribution < -0.4 is 0 Å². The van der Waals surface area contributed by atoms with E-state index in [2.05, 4.69) is 33.9 Å². The second-order valence-electron chi connectivity index (χ2n) is 6.25. The average molecular weight is 349 g/mol. The van der Waals surface area contributed by atoms with Gasteiger partial charge in [0, 0.05) is 43.9 Å². The number of hydrogen-bond donors (Lipinski definition) is 0. The first kappa shape index (κ1) is 17.0. The molecule has 0 N–H and O–H groups in total. The summed E-state index contributed by atoms with van der Waals surface area (Å²) in [5, 5.41) is 6.87. The fraction of sp³-hybridized carbons (Fsp3) is 0.625. The Labute approximate surface area is 145 Å². The number of amides is 1. The maximum Gasteiger partial charge on any atom is 0.273 e. The van der Waals surface area contributed by atoms with Gasteiger partial charge in [-0.05, 0) is 0 Å². The van der Waals surface area contributed by atoms with Crippen LogP contribution >= 0.6 is 11.3 Å². The van der Waals surface area contributed by atoms with Crippen molar-refractivity contribution in [1.82, 2.24) is 24.9 Å². The lowest BCUT2D eigenvalue weighted by Gasteiger charge is -2.33. The zero-order chi connectivity index (χ0) is 17.1. The average Bonchev–Trinajstić information content (AvgIpc) is 3.24. The van der Waals surface area contributed by atoms with Crippen LogP contribution in [0.2, 0.25) is 0 Å². The van der Waals surface area contributed by atoms with Crippen LogP contribution in [0.15, 0.2) is 9.90 Å². The Morgan fingerprint density at radius 1 is 1.29 bits per heavy atom. The Hall–Kier alpha value is -1.80. The van der Waals surface area contributed by atoms with Crippen LogP contribution in [0, 0.1) is 0 Å². The van der Waals surface area contributed by atoms with E-state index in [1.165, 1.54) is 0 Å². The zero-order valence-electron chi connectivity index (χ0n) is 14.4. The number of thiazole rings is 1. The van der Waals surface area contributed by atoms with Crippen LogP contribution in [0.1, 0.15) is 53.9 Å². The molecule has 0 bridgehead atoms. The summed E-state index contributed by atoms with van der Waals surface area (Å²) in [6.45, 7) is 9.86. The third-order valence-corrected chi connectivity index (χ3v) is 5.22. The van der Waals surface area contributed by atoms with Crippen LogP contribution in [0.3, 0.4) is 0 Å². The molecule has 1 fully saturated rings. The predicted molar refractivity (Wildman–Crippen MR) is 91.1 cm³/mol. The summed E-state index contributed by atoms with van der Waals surface area (Å²) in [5.74, 6) is 1.78. The Morgan fingerprint density at radius 3 is 2.62 bits per heavy atom. The molecule has 0 radical (unpaired) electrons. The summed E-state index contributed by atoms with van der Waals surface area (Å²) in [4.78, 5) is 25.5. The molecule has 3 rings (SSSR count). The Bertz CT molecular complexity index is 688. The molecular formula is C16H23N5O2S. The van der Waals surface area contributed by atoms with Crippen molar-refractivity contribution in [1.29, 1.82) is 0 Å². The Balaban J connectivity index is 1.53. The lowest BCUT2D eigenvalue weighted by molar-refractivity contribution is 0.0619. The first-order chi connectivity index (χ1) is 11.6. The monoisotopic (exact) mass is 349 g/mol. The highest BCUT2D eigenvalue weighted by Crippen LogP contribution is 2.20. The third kappa shape index (κ3) is 3.81. The Morgan fingerprint density at radius 2 is 2.04 bits per heavy atom. The molecule has 1 aliphatic heterocycles. The van der Waals surface area contributed by atoms with E-state index in [1.807, 2.05) is 17.2 Å². The van der Waals surface area contributed by atoms with Crippen molar-refractivity contribution in [2.45, 2.75) is 39.7 Å². The minimum Gasteiger partial charge on any atom is -0.339 e. The van der Waals surface area contributed by atoms with E-state index in [4.69, 9.17) is 4.52 Å². The van der Waals surface area contributed by atoms with Gasteiger partial charge in [0.25, 0.3) is 5.91 Å². The number of aryl methyl sites for hydroxylation is 1. The molecule has 1 aliphatic rings. The number of piperazine rings is 1. The van der Waals surface area contributed by atoms with E-state index in [1.54, 1.807) is 11.3 Å². The molecule has 0 aromatic carbocycles. The summed E-state index contributed by atoms with van der Waals surface area (Å²) in [6, 6.07) is 0. The van der Waals surface area contributed by atoms with Gasteiger partial charge in [-0.3, -0.25) is 9.69 Å². The van der Waals surface area contributed by atoms with E-state index in [-0.39, 0.29) is 5.91 Å². The molecule has 130 valence electrons. The van der Waals surface area contributed by atoms with Crippen molar-refractivity contribution in [3.63, 3.8) is 0 Å². The number of aromatic nitrogens is 3. The van der Waals surface area contributed by atoms with Crippen molar-refractivity contribution in [3.8, 4) is 0 Å². The molecular weight excluding hydrogens is 326 g/mol. The molecule has 3 heterocycles. The minimum absolute atomic E-state index is 0.0330. The quantitative estimate of drug-likeness (QED) is 0.823. The lowest BCUT2D eigenvalue weighted by atomic mass is 10.2. The standard InChI is InChI=1S/C16H23N5O2S/c1-4-14-18-13(19-23-14)9-20-5-7-21(8-6-20)16(22)12-10-24-15(17-12)11(2)3/h10-11H,4-9H2,1-3H3.